The van der Waals surface area contributed by atoms with Gasteiger partial charge in [0.2, 0.25) is 0 Å². The van der Waals surface area contributed by atoms with Gasteiger partial charge in [-0.05, 0) is 56.7 Å². The molecule has 7 heteroatoms. The van der Waals surface area contributed by atoms with Gasteiger partial charge in [0, 0.05) is 37.5 Å². The highest BCUT2D eigenvalue weighted by molar-refractivity contribution is 5.93. The van der Waals surface area contributed by atoms with Crippen molar-refractivity contribution < 1.29 is 13.6 Å². The molecule has 0 aliphatic carbocycles. The van der Waals surface area contributed by atoms with Crippen molar-refractivity contribution in [1.82, 2.24) is 20.0 Å². The van der Waals surface area contributed by atoms with Crippen molar-refractivity contribution in [3.8, 4) is 0 Å². The summed E-state index contributed by atoms with van der Waals surface area (Å²) < 4.78 is 26.9. The number of nitrogens with zero attached hydrogens (tertiary/aromatic N) is 3. The zero-order valence-electron chi connectivity index (χ0n) is 15.9. The van der Waals surface area contributed by atoms with Gasteiger partial charge in [-0.15, -0.1) is 0 Å². The molecule has 1 aromatic heterocycles. The summed E-state index contributed by atoms with van der Waals surface area (Å²) in [6.07, 6.45) is 7.51. The van der Waals surface area contributed by atoms with Crippen LogP contribution in [0.4, 0.5) is 8.78 Å². The zero-order valence-corrected chi connectivity index (χ0v) is 15.9. The van der Waals surface area contributed by atoms with Crippen molar-refractivity contribution in [2.45, 2.75) is 32.2 Å². The Balaban J connectivity index is 1.24. The molecule has 0 radical (unpaired) electrons. The lowest BCUT2D eigenvalue weighted by atomic mass is 9.78. The summed E-state index contributed by atoms with van der Waals surface area (Å²) in [5, 5.41) is 6.55. The molecular weight excluding hydrogens is 362 g/mol. The lowest BCUT2D eigenvalue weighted by Crippen LogP contribution is -2.42. The summed E-state index contributed by atoms with van der Waals surface area (Å²) in [5.74, 6) is 0.385. The molecule has 0 bridgehead atoms. The Morgan fingerprint density at radius 3 is 2.36 bits per heavy atom. The average molecular weight is 388 g/mol. The van der Waals surface area contributed by atoms with Crippen molar-refractivity contribution in [3.05, 3.63) is 53.4 Å². The molecule has 0 atom stereocenters. The SMILES string of the molecule is O=C(c1cn[nH]c1)N1CCC(C2CCN(Cc3ccc(F)cc3F)CC2)CC1. The van der Waals surface area contributed by atoms with Gasteiger partial charge >= 0.3 is 0 Å². The number of benzene rings is 1. The van der Waals surface area contributed by atoms with Crippen LogP contribution in [0.5, 0.6) is 0 Å². The van der Waals surface area contributed by atoms with Gasteiger partial charge in [0.1, 0.15) is 11.6 Å². The van der Waals surface area contributed by atoms with E-state index in [0.29, 0.717) is 29.5 Å². The largest absolute Gasteiger partial charge is 0.339 e. The maximum Gasteiger partial charge on any atom is 0.257 e. The second-order valence-electron chi connectivity index (χ2n) is 7.97. The van der Waals surface area contributed by atoms with Crippen LogP contribution in [-0.4, -0.2) is 52.1 Å². The normalized spacial score (nSPS) is 19.9. The van der Waals surface area contributed by atoms with Gasteiger partial charge in [-0.3, -0.25) is 14.8 Å². The summed E-state index contributed by atoms with van der Waals surface area (Å²) in [6, 6.07) is 3.83. The number of rotatable bonds is 4. The summed E-state index contributed by atoms with van der Waals surface area (Å²) in [5.41, 5.74) is 1.19. The van der Waals surface area contributed by atoms with Crippen LogP contribution in [0, 0.1) is 23.5 Å². The van der Waals surface area contributed by atoms with Gasteiger partial charge in [0.05, 0.1) is 11.8 Å². The molecule has 2 saturated heterocycles. The van der Waals surface area contributed by atoms with Crippen LogP contribution >= 0.6 is 0 Å². The number of carbonyl (C=O) groups is 1. The molecule has 1 amide bonds. The maximum absolute atomic E-state index is 13.9. The van der Waals surface area contributed by atoms with Crippen LogP contribution in [0.1, 0.15) is 41.6 Å². The fourth-order valence-electron chi connectivity index (χ4n) is 4.60. The number of carbonyl (C=O) groups excluding carboxylic acids is 1. The van der Waals surface area contributed by atoms with Crippen molar-refractivity contribution in [2.24, 2.45) is 11.8 Å². The molecule has 1 aromatic carbocycles. The van der Waals surface area contributed by atoms with Gasteiger partial charge in [0.25, 0.3) is 5.91 Å². The zero-order chi connectivity index (χ0) is 19.5. The molecule has 3 heterocycles. The molecule has 0 saturated carbocycles. The number of nitrogens with one attached hydrogen (secondary N) is 1. The molecule has 150 valence electrons. The van der Waals surface area contributed by atoms with Gasteiger partial charge < -0.3 is 4.90 Å². The number of amides is 1. The highest BCUT2D eigenvalue weighted by Gasteiger charge is 2.31. The first-order valence-corrected chi connectivity index (χ1v) is 10.0. The van der Waals surface area contributed by atoms with Crippen molar-refractivity contribution in [2.75, 3.05) is 26.2 Å². The Bertz CT molecular complexity index is 795. The van der Waals surface area contributed by atoms with Gasteiger partial charge in [0.15, 0.2) is 0 Å². The molecular formula is C21H26F2N4O. The molecule has 2 aromatic rings. The Hall–Kier alpha value is -2.28. The molecule has 4 rings (SSSR count). The second kappa shape index (κ2) is 8.39. The number of halogens is 2. The van der Waals surface area contributed by atoms with E-state index < -0.39 is 11.6 Å². The Morgan fingerprint density at radius 2 is 1.75 bits per heavy atom. The van der Waals surface area contributed by atoms with E-state index in [0.717, 1.165) is 57.9 Å². The van der Waals surface area contributed by atoms with Crippen molar-refractivity contribution in [1.29, 1.82) is 0 Å². The van der Waals surface area contributed by atoms with Gasteiger partial charge in [-0.1, -0.05) is 6.07 Å². The molecule has 2 aliphatic rings. The minimum Gasteiger partial charge on any atom is -0.339 e. The molecule has 2 fully saturated rings. The molecule has 0 spiro atoms. The minimum absolute atomic E-state index is 0.0587. The smallest absolute Gasteiger partial charge is 0.257 e. The fraction of sp³-hybridized carbons (Fsp3) is 0.524. The summed E-state index contributed by atoms with van der Waals surface area (Å²) >= 11 is 0. The van der Waals surface area contributed by atoms with E-state index in [1.54, 1.807) is 18.5 Å². The van der Waals surface area contributed by atoms with E-state index in [9.17, 15) is 13.6 Å². The fourth-order valence-corrected chi connectivity index (χ4v) is 4.60. The number of hydrogen-bond donors (Lipinski definition) is 1. The first kappa shape index (κ1) is 19.1. The van der Waals surface area contributed by atoms with Crippen LogP contribution in [-0.2, 0) is 6.54 Å². The lowest BCUT2D eigenvalue weighted by Gasteiger charge is -2.40. The number of likely N-dealkylation sites (tertiary alicyclic amines) is 2. The number of aromatic amines is 1. The summed E-state index contributed by atoms with van der Waals surface area (Å²) in [7, 11) is 0. The van der Waals surface area contributed by atoms with Crippen LogP contribution in [0.3, 0.4) is 0 Å². The lowest BCUT2D eigenvalue weighted by molar-refractivity contribution is 0.0598. The third-order valence-electron chi connectivity index (χ3n) is 6.28. The predicted molar refractivity (Wildman–Crippen MR) is 102 cm³/mol. The third kappa shape index (κ3) is 4.24. The number of piperidine rings is 2. The molecule has 5 nitrogen and oxygen atoms in total. The van der Waals surface area contributed by atoms with Crippen molar-refractivity contribution in [3.63, 3.8) is 0 Å². The van der Waals surface area contributed by atoms with Gasteiger partial charge in [-0.2, -0.15) is 5.10 Å². The van der Waals surface area contributed by atoms with E-state index in [-0.39, 0.29) is 5.91 Å². The first-order chi connectivity index (χ1) is 13.6. The number of aromatic nitrogens is 2. The van der Waals surface area contributed by atoms with E-state index in [1.165, 1.54) is 6.07 Å². The molecule has 2 aliphatic heterocycles. The molecule has 0 unspecified atom stereocenters. The predicted octanol–water partition coefficient (Wildman–Crippen LogP) is 3.45. The Kier molecular flexibility index (Phi) is 5.71. The first-order valence-electron chi connectivity index (χ1n) is 10.0. The highest BCUT2D eigenvalue weighted by Crippen LogP contribution is 2.33. The number of hydrogen-bond acceptors (Lipinski definition) is 3. The van der Waals surface area contributed by atoms with Crippen LogP contribution < -0.4 is 0 Å². The third-order valence-corrected chi connectivity index (χ3v) is 6.28. The summed E-state index contributed by atoms with van der Waals surface area (Å²) in [4.78, 5) is 16.6. The van der Waals surface area contributed by atoms with E-state index >= 15 is 0 Å². The minimum atomic E-state index is -0.530. The Labute approximate surface area is 163 Å². The average Bonchev–Trinajstić information content (AvgIpc) is 3.25. The van der Waals surface area contributed by atoms with E-state index in [1.807, 2.05) is 4.90 Å². The van der Waals surface area contributed by atoms with Crippen LogP contribution in [0.2, 0.25) is 0 Å². The topological polar surface area (TPSA) is 52.2 Å². The second-order valence-corrected chi connectivity index (χ2v) is 7.97. The van der Waals surface area contributed by atoms with Crippen LogP contribution in [0.25, 0.3) is 0 Å². The monoisotopic (exact) mass is 388 g/mol. The van der Waals surface area contributed by atoms with Crippen LogP contribution in [0.15, 0.2) is 30.6 Å². The van der Waals surface area contributed by atoms with Crippen molar-refractivity contribution >= 4 is 5.91 Å². The quantitative estimate of drug-likeness (QED) is 0.873. The maximum atomic E-state index is 13.9. The standard InChI is InChI=1S/C21H26F2N4O/c22-19-2-1-17(20(23)11-19)14-26-7-3-15(4-8-26)16-5-9-27(10-6-16)21(28)18-12-24-25-13-18/h1-2,11-13,15-16H,3-10,14H2,(H,24,25). The van der Waals surface area contributed by atoms with Gasteiger partial charge in [-0.25, -0.2) is 8.78 Å². The van der Waals surface area contributed by atoms with E-state index in [4.69, 9.17) is 0 Å². The highest BCUT2D eigenvalue weighted by atomic mass is 19.1. The molecule has 1 N–H and O–H groups in total. The van der Waals surface area contributed by atoms with E-state index in [2.05, 4.69) is 15.1 Å². The molecule has 28 heavy (non-hydrogen) atoms. The summed E-state index contributed by atoms with van der Waals surface area (Å²) in [6.45, 7) is 4.02. The Morgan fingerprint density at radius 1 is 1.07 bits per heavy atom. The number of H-pyrrole nitrogens is 1.